The van der Waals surface area contributed by atoms with Crippen LogP contribution in [-0.2, 0) is 6.54 Å². The van der Waals surface area contributed by atoms with Crippen LogP contribution in [0.5, 0.6) is 0 Å². The van der Waals surface area contributed by atoms with Crippen molar-refractivity contribution in [2.45, 2.75) is 13.0 Å². The van der Waals surface area contributed by atoms with E-state index in [1.165, 1.54) is 5.56 Å². The average Bonchev–Trinajstić information content (AvgIpc) is 2.30. The maximum absolute atomic E-state index is 4.32. The molecule has 0 fully saturated rings. The molecule has 1 aliphatic rings. The molecule has 0 aromatic heterocycles. The predicted molar refractivity (Wildman–Crippen MR) is 60.0 cm³/mol. The van der Waals surface area contributed by atoms with Gasteiger partial charge in [-0.2, -0.15) is 0 Å². The molecule has 1 aliphatic heterocycles. The fourth-order valence-corrected chi connectivity index (χ4v) is 1.35. The van der Waals surface area contributed by atoms with Crippen molar-refractivity contribution < 1.29 is 0 Å². The molecule has 70 valence electrons. The van der Waals surface area contributed by atoms with Gasteiger partial charge >= 0.3 is 0 Å². The predicted octanol–water partition coefficient (Wildman–Crippen LogP) is 2.59. The minimum Gasteiger partial charge on any atom is -0.292 e. The highest BCUT2D eigenvalue weighted by atomic mass is 14.8. The van der Waals surface area contributed by atoms with Crippen molar-refractivity contribution in [3.63, 3.8) is 0 Å². The molecule has 0 bridgehead atoms. The van der Waals surface area contributed by atoms with Gasteiger partial charge in [0.15, 0.2) is 0 Å². The number of allylic oxidation sites excluding steroid dienone is 1. The summed E-state index contributed by atoms with van der Waals surface area (Å²) in [7, 11) is 0. The van der Waals surface area contributed by atoms with E-state index in [0.717, 1.165) is 24.2 Å². The second kappa shape index (κ2) is 4.01. The molecule has 0 amide bonds. The third kappa shape index (κ3) is 1.96. The van der Waals surface area contributed by atoms with Crippen molar-refractivity contribution in [1.29, 1.82) is 0 Å². The van der Waals surface area contributed by atoms with Gasteiger partial charge in [0.1, 0.15) is 0 Å². The summed E-state index contributed by atoms with van der Waals surface area (Å²) in [5.74, 6) is 0. The molecule has 0 aliphatic carbocycles. The van der Waals surface area contributed by atoms with Gasteiger partial charge in [-0.05, 0) is 11.1 Å². The Morgan fingerprint density at radius 3 is 3.00 bits per heavy atom. The molecule has 1 heterocycles. The lowest BCUT2D eigenvalue weighted by Gasteiger charge is -2.00. The molecule has 0 saturated carbocycles. The molecule has 2 heteroatoms. The second-order valence-corrected chi connectivity index (χ2v) is 3.25. The van der Waals surface area contributed by atoms with Gasteiger partial charge in [0.2, 0.25) is 0 Å². The lowest BCUT2D eigenvalue weighted by atomic mass is 10.1. The van der Waals surface area contributed by atoms with Crippen LogP contribution in [0, 0.1) is 0 Å². The molecule has 14 heavy (non-hydrogen) atoms. The van der Waals surface area contributed by atoms with E-state index in [4.69, 9.17) is 0 Å². The molecule has 0 saturated heterocycles. The van der Waals surface area contributed by atoms with Crippen LogP contribution in [0.4, 0.5) is 0 Å². The zero-order valence-electron chi connectivity index (χ0n) is 7.98. The summed E-state index contributed by atoms with van der Waals surface area (Å²) in [6, 6.07) is 8.16. The molecule has 2 rings (SSSR count). The summed E-state index contributed by atoms with van der Waals surface area (Å²) < 4.78 is 0. The van der Waals surface area contributed by atoms with E-state index >= 15 is 0 Å². The first kappa shape index (κ1) is 8.88. The largest absolute Gasteiger partial charge is 0.292 e. The van der Waals surface area contributed by atoms with E-state index in [9.17, 15) is 0 Å². The Kier molecular flexibility index (Phi) is 2.54. The van der Waals surface area contributed by atoms with Crippen LogP contribution in [-0.4, -0.2) is 12.4 Å². The van der Waals surface area contributed by atoms with Gasteiger partial charge < -0.3 is 0 Å². The third-order valence-electron chi connectivity index (χ3n) is 2.16. The summed E-state index contributed by atoms with van der Waals surface area (Å²) in [6.45, 7) is 4.57. The number of nitrogens with zero attached hydrogens (tertiary/aromatic N) is 2. The number of fused-ring (bicyclic) bond motifs is 1. The Labute approximate surface area is 83.7 Å². The molecule has 0 radical (unpaired) electrons. The fraction of sp³-hybridized carbons (Fsp3) is 0.167. The number of rotatable bonds is 0. The summed E-state index contributed by atoms with van der Waals surface area (Å²) in [5.41, 5.74) is 3.19. The molecule has 1 aromatic carbocycles. The van der Waals surface area contributed by atoms with Crippen molar-refractivity contribution in [1.82, 2.24) is 0 Å². The molecule has 0 atom stereocenters. The number of aliphatic imine (C=N–C) groups is 2. The van der Waals surface area contributed by atoms with Crippen LogP contribution < -0.4 is 0 Å². The van der Waals surface area contributed by atoms with E-state index in [2.05, 4.69) is 22.6 Å². The lowest BCUT2D eigenvalue weighted by Crippen LogP contribution is -1.90. The fourth-order valence-electron chi connectivity index (χ4n) is 1.35. The topological polar surface area (TPSA) is 24.7 Å². The Hall–Kier alpha value is -1.70. The first-order chi connectivity index (χ1) is 6.86. The van der Waals surface area contributed by atoms with Crippen molar-refractivity contribution in [2.75, 3.05) is 0 Å². The number of benzene rings is 1. The highest BCUT2D eigenvalue weighted by Gasteiger charge is 1.99. The van der Waals surface area contributed by atoms with Crippen LogP contribution >= 0.6 is 0 Å². The molecular formula is C12H12N2. The zero-order chi connectivity index (χ0) is 9.80. The third-order valence-corrected chi connectivity index (χ3v) is 2.16. The highest BCUT2D eigenvalue weighted by Crippen LogP contribution is 2.10. The van der Waals surface area contributed by atoms with Gasteiger partial charge in [-0.3, -0.25) is 9.98 Å². The van der Waals surface area contributed by atoms with Crippen LogP contribution in [0.3, 0.4) is 0 Å². The Morgan fingerprint density at radius 1 is 1.21 bits per heavy atom. The molecule has 1 aromatic rings. The van der Waals surface area contributed by atoms with Crippen LogP contribution in [0.1, 0.15) is 17.5 Å². The molecule has 0 N–H and O–H groups in total. The summed E-state index contributed by atoms with van der Waals surface area (Å²) >= 11 is 0. The molecule has 0 spiro atoms. The monoisotopic (exact) mass is 184 g/mol. The minimum absolute atomic E-state index is 0.732. The van der Waals surface area contributed by atoms with Gasteiger partial charge in [-0.15, -0.1) is 0 Å². The Morgan fingerprint density at radius 2 is 2.07 bits per heavy atom. The maximum Gasteiger partial charge on any atom is 0.0642 e. The standard InChI is InChI=1S/C12H12N2/c1-10-6-7-13-8-11-4-2-3-5-12(11)9-14-10/h2-5,7,9H,1,6,8H2/b13-7-,14-9-. The molecule has 0 unspecified atom stereocenters. The van der Waals surface area contributed by atoms with Crippen molar-refractivity contribution >= 4 is 12.4 Å². The quantitative estimate of drug-likeness (QED) is 0.592. The smallest absolute Gasteiger partial charge is 0.0642 e. The number of hydrogen-bond donors (Lipinski definition) is 0. The zero-order valence-corrected chi connectivity index (χ0v) is 7.98. The van der Waals surface area contributed by atoms with Gasteiger partial charge in [-0.1, -0.05) is 30.8 Å². The molecule has 2 nitrogen and oxygen atoms in total. The van der Waals surface area contributed by atoms with Gasteiger partial charge in [0.25, 0.3) is 0 Å². The maximum atomic E-state index is 4.32. The summed E-state index contributed by atoms with van der Waals surface area (Å²) in [6.07, 6.45) is 4.48. The summed E-state index contributed by atoms with van der Waals surface area (Å²) in [5, 5.41) is 0. The summed E-state index contributed by atoms with van der Waals surface area (Å²) in [4.78, 5) is 8.59. The second-order valence-electron chi connectivity index (χ2n) is 3.25. The van der Waals surface area contributed by atoms with Crippen LogP contribution in [0.15, 0.2) is 46.5 Å². The van der Waals surface area contributed by atoms with E-state index in [-0.39, 0.29) is 0 Å². The first-order valence-corrected chi connectivity index (χ1v) is 4.64. The van der Waals surface area contributed by atoms with Crippen molar-refractivity contribution in [2.24, 2.45) is 9.98 Å². The SMILES string of the molecule is C=C1C/C=N\Cc2ccccc2/C=N\1. The van der Waals surface area contributed by atoms with Crippen LogP contribution in [0.2, 0.25) is 0 Å². The van der Waals surface area contributed by atoms with Crippen molar-refractivity contribution in [3.8, 4) is 0 Å². The van der Waals surface area contributed by atoms with Crippen LogP contribution in [0.25, 0.3) is 0 Å². The Bertz CT molecular complexity index is 403. The normalized spacial score (nSPS) is 20.1. The average molecular weight is 184 g/mol. The van der Waals surface area contributed by atoms with Gasteiger partial charge in [0, 0.05) is 24.5 Å². The van der Waals surface area contributed by atoms with Gasteiger partial charge in [-0.25, -0.2) is 0 Å². The van der Waals surface area contributed by atoms with Gasteiger partial charge in [0.05, 0.1) is 6.54 Å². The number of hydrogen-bond acceptors (Lipinski definition) is 2. The minimum atomic E-state index is 0.732. The van der Waals surface area contributed by atoms with E-state index in [1.54, 1.807) is 0 Å². The van der Waals surface area contributed by atoms with E-state index in [0.29, 0.717) is 0 Å². The van der Waals surface area contributed by atoms with E-state index < -0.39 is 0 Å². The van der Waals surface area contributed by atoms with E-state index in [1.807, 2.05) is 30.6 Å². The van der Waals surface area contributed by atoms with Crippen molar-refractivity contribution in [3.05, 3.63) is 47.7 Å². The Balaban J connectivity index is 2.42. The highest BCUT2D eigenvalue weighted by molar-refractivity contribution is 5.83. The molecular weight excluding hydrogens is 172 g/mol. The first-order valence-electron chi connectivity index (χ1n) is 4.64. The lowest BCUT2D eigenvalue weighted by molar-refractivity contribution is 1.07.